The van der Waals surface area contributed by atoms with Crippen molar-refractivity contribution in [2.75, 3.05) is 18.6 Å². The fraction of sp³-hybridized carbons (Fsp3) is 0.278. The van der Waals surface area contributed by atoms with Gasteiger partial charge < -0.3 is 9.64 Å². The first-order valence-corrected chi connectivity index (χ1v) is 7.25. The average molecular weight is 281 g/mol. The zero-order valence-electron chi connectivity index (χ0n) is 12.2. The monoisotopic (exact) mass is 281 g/mol. The molecule has 0 N–H and O–H groups in total. The summed E-state index contributed by atoms with van der Waals surface area (Å²) in [6.07, 6.45) is 1.36. The number of carbonyl (C=O) groups is 1. The topological polar surface area (TPSA) is 29.5 Å². The van der Waals surface area contributed by atoms with Crippen LogP contribution in [0.15, 0.2) is 54.6 Å². The van der Waals surface area contributed by atoms with E-state index in [1.807, 2.05) is 59.5 Å². The molecule has 1 amide bonds. The summed E-state index contributed by atoms with van der Waals surface area (Å²) in [7, 11) is 1.73. The molecule has 0 radical (unpaired) electrons. The van der Waals surface area contributed by atoms with Gasteiger partial charge in [-0.1, -0.05) is 48.5 Å². The minimum absolute atomic E-state index is 0.0852. The fourth-order valence-electron chi connectivity index (χ4n) is 2.90. The number of carbonyl (C=O) groups excluding carboxylic acids is 1. The number of hydrogen-bond acceptors (Lipinski definition) is 2. The van der Waals surface area contributed by atoms with Crippen LogP contribution in [-0.4, -0.2) is 19.6 Å². The fourth-order valence-corrected chi connectivity index (χ4v) is 2.90. The highest BCUT2D eigenvalue weighted by Crippen LogP contribution is 2.35. The van der Waals surface area contributed by atoms with Gasteiger partial charge in [0.15, 0.2) is 0 Å². The molecule has 21 heavy (non-hydrogen) atoms. The van der Waals surface area contributed by atoms with Gasteiger partial charge in [-0.2, -0.15) is 0 Å². The van der Waals surface area contributed by atoms with Gasteiger partial charge >= 0.3 is 0 Å². The first-order chi connectivity index (χ1) is 10.3. The standard InChI is InChI=1S/C18H19NO2/c1-21-17-11-12-19(16-10-6-5-9-15(16)17)18(20)13-14-7-3-2-4-8-14/h2-10,17H,11-13H2,1H3. The Labute approximate surface area is 125 Å². The summed E-state index contributed by atoms with van der Waals surface area (Å²) in [4.78, 5) is 14.5. The second-order valence-electron chi connectivity index (χ2n) is 5.28. The Morgan fingerprint density at radius 1 is 1.14 bits per heavy atom. The lowest BCUT2D eigenvalue weighted by Gasteiger charge is -2.33. The molecule has 2 aromatic carbocycles. The van der Waals surface area contributed by atoms with E-state index in [9.17, 15) is 4.79 Å². The van der Waals surface area contributed by atoms with Gasteiger partial charge in [-0.3, -0.25) is 4.79 Å². The van der Waals surface area contributed by atoms with E-state index in [2.05, 4.69) is 0 Å². The molecule has 0 saturated carbocycles. The van der Waals surface area contributed by atoms with Crippen LogP contribution >= 0.6 is 0 Å². The van der Waals surface area contributed by atoms with Crippen LogP contribution in [0.1, 0.15) is 23.7 Å². The smallest absolute Gasteiger partial charge is 0.231 e. The van der Waals surface area contributed by atoms with Gasteiger partial charge in [-0.15, -0.1) is 0 Å². The zero-order valence-corrected chi connectivity index (χ0v) is 12.2. The van der Waals surface area contributed by atoms with E-state index in [-0.39, 0.29) is 12.0 Å². The second-order valence-corrected chi connectivity index (χ2v) is 5.28. The van der Waals surface area contributed by atoms with Crippen molar-refractivity contribution in [3.63, 3.8) is 0 Å². The Kier molecular flexibility index (Phi) is 4.02. The number of para-hydroxylation sites is 1. The summed E-state index contributed by atoms with van der Waals surface area (Å²) >= 11 is 0. The normalized spacial score (nSPS) is 17.4. The SMILES string of the molecule is COC1CCN(C(=O)Cc2ccccc2)c2ccccc21. The molecule has 3 nitrogen and oxygen atoms in total. The van der Waals surface area contributed by atoms with Crippen molar-refractivity contribution in [1.29, 1.82) is 0 Å². The number of rotatable bonds is 3. The molecule has 0 saturated heterocycles. The lowest BCUT2D eigenvalue weighted by atomic mass is 9.98. The van der Waals surface area contributed by atoms with E-state index in [4.69, 9.17) is 4.74 Å². The molecule has 1 aliphatic heterocycles. The molecule has 0 aromatic heterocycles. The van der Waals surface area contributed by atoms with Gasteiger partial charge in [-0.25, -0.2) is 0 Å². The van der Waals surface area contributed by atoms with Crippen molar-refractivity contribution in [1.82, 2.24) is 0 Å². The summed E-state index contributed by atoms with van der Waals surface area (Å²) in [5.74, 6) is 0.142. The third-order valence-electron chi connectivity index (χ3n) is 3.97. The predicted molar refractivity (Wildman–Crippen MR) is 83.3 cm³/mol. The minimum Gasteiger partial charge on any atom is -0.377 e. The van der Waals surface area contributed by atoms with Crippen LogP contribution in [-0.2, 0) is 16.0 Å². The van der Waals surface area contributed by atoms with Crippen LogP contribution in [0.4, 0.5) is 5.69 Å². The number of amides is 1. The third-order valence-corrected chi connectivity index (χ3v) is 3.97. The largest absolute Gasteiger partial charge is 0.377 e. The van der Waals surface area contributed by atoms with Gasteiger partial charge in [0.25, 0.3) is 0 Å². The van der Waals surface area contributed by atoms with E-state index in [1.54, 1.807) is 7.11 Å². The molecule has 1 heterocycles. The van der Waals surface area contributed by atoms with Crippen LogP contribution in [0.25, 0.3) is 0 Å². The molecule has 1 unspecified atom stereocenters. The highest BCUT2D eigenvalue weighted by Gasteiger charge is 2.28. The molecule has 3 rings (SSSR count). The zero-order chi connectivity index (χ0) is 14.7. The van der Waals surface area contributed by atoms with Crippen molar-refractivity contribution in [2.24, 2.45) is 0 Å². The van der Waals surface area contributed by atoms with Crippen molar-refractivity contribution >= 4 is 11.6 Å². The summed E-state index contributed by atoms with van der Waals surface area (Å²) in [5, 5.41) is 0. The molecule has 1 atom stereocenters. The summed E-state index contributed by atoms with van der Waals surface area (Å²) < 4.78 is 5.53. The van der Waals surface area contributed by atoms with Crippen molar-refractivity contribution in [3.8, 4) is 0 Å². The van der Waals surface area contributed by atoms with E-state index in [1.165, 1.54) is 0 Å². The molecular formula is C18H19NO2. The van der Waals surface area contributed by atoms with Crippen LogP contribution in [0.3, 0.4) is 0 Å². The maximum atomic E-state index is 12.6. The molecule has 0 spiro atoms. The molecule has 3 heteroatoms. The second kappa shape index (κ2) is 6.10. The van der Waals surface area contributed by atoms with E-state index in [0.717, 1.165) is 23.2 Å². The van der Waals surface area contributed by atoms with Crippen molar-refractivity contribution < 1.29 is 9.53 Å². The van der Waals surface area contributed by atoms with E-state index in [0.29, 0.717) is 13.0 Å². The number of nitrogens with zero attached hydrogens (tertiary/aromatic N) is 1. The van der Waals surface area contributed by atoms with Gasteiger partial charge in [0.05, 0.1) is 12.5 Å². The highest BCUT2D eigenvalue weighted by molar-refractivity contribution is 5.96. The van der Waals surface area contributed by atoms with Crippen LogP contribution in [0.5, 0.6) is 0 Å². The summed E-state index contributed by atoms with van der Waals surface area (Å²) in [6.45, 7) is 0.710. The number of hydrogen-bond donors (Lipinski definition) is 0. The van der Waals surface area contributed by atoms with Gasteiger partial charge in [0, 0.05) is 24.9 Å². The number of anilines is 1. The van der Waals surface area contributed by atoms with Crippen LogP contribution in [0, 0.1) is 0 Å². The Bertz CT molecular complexity index is 624. The van der Waals surface area contributed by atoms with Gasteiger partial charge in [0.1, 0.15) is 0 Å². The van der Waals surface area contributed by atoms with Crippen LogP contribution in [0.2, 0.25) is 0 Å². The molecule has 0 aliphatic carbocycles. The van der Waals surface area contributed by atoms with Gasteiger partial charge in [-0.05, 0) is 18.1 Å². The summed E-state index contributed by atoms with van der Waals surface area (Å²) in [6, 6.07) is 17.9. The number of methoxy groups -OCH3 is 1. The van der Waals surface area contributed by atoms with Crippen molar-refractivity contribution in [3.05, 3.63) is 65.7 Å². The van der Waals surface area contributed by atoms with Crippen molar-refractivity contribution in [2.45, 2.75) is 18.9 Å². The molecule has 2 aromatic rings. The minimum atomic E-state index is 0.0852. The molecule has 0 bridgehead atoms. The molecule has 0 fully saturated rings. The lowest BCUT2D eigenvalue weighted by molar-refractivity contribution is -0.118. The maximum absolute atomic E-state index is 12.6. The Morgan fingerprint density at radius 2 is 1.86 bits per heavy atom. The Balaban J connectivity index is 1.84. The Morgan fingerprint density at radius 3 is 2.62 bits per heavy atom. The summed E-state index contributed by atoms with van der Waals surface area (Å²) in [5.41, 5.74) is 3.14. The molecule has 1 aliphatic rings. The highest BCUT2D eigenvalue weighted by atomic mass is 16.5. The van der Waals surface area contributed by atoms with Crippen LogP contribution < -0.4 is 4.90 Å². The number of ether oxygens (including phenoxy) is 1. The average Bonchev–Trinajstić information content (AvgIpc) is 2.54. The first-order valence-electron chi connectivity index (χ1n) is 7.25. The van der Waals surface area contributed by atoms with Gasteiger partial charge in [0.2, 0.25) is 5.91 Å². The maximum Gasteiger partial charge on any atom is 0.231 e. The number of fused-ring (bicyclic) bond motifs is 1. The number of benzene rings is 2. The molecule has 108 valence electrons. The third kappa shape index (κ3) is 2.83. The van der Waals surface area contributed by atoms with E-state index < -0.39 is 0 Å². The quantitative estimate of drug-likeness (QED) is 0.863. The predicted octanol–water partition coefficient (Wildman–Crippen LogP) is 3.35. The lowest BCUT2D eigenvalue weighted by Crippen LogP contribution is -2.38. The molecular weight excluding hydrogens is 262 g/mol. The first kappa shape index (κ1) is 13.8. The van der Waals surface area contributed by atoms with E-state index >= 15 is 0 Å². The Hall–Kier alpha value is -2.13.